The smallest absolute Gasteiger partial charge is 0.173 e. The second-order valence-electron chi connectivity index (χ2n) is 5.17. The Labute approximate surface area is 125 Å². The summed E-state index contributed by atoms with van der Waals surface area (Å²) in [4.78, 5) is 6.74. The predicted molar refractivity (Wildman–Crippen MR) is 87.0 cm³/mol. The highest BCUT2D eigenvalue weighted by molar-refractivity contribution is 6.04. The molecule has 1 aromatic carbocycles. The van der Waals surface area contributed by atoms with Gasteiger partial charge in [-0.25, -0.2) is 4.98 Å². The Bertz CT molecular complexity index is 639. The van der Waals surface area contributed by atoms with E-state index in [0.29, 0.717) is 5.56 Å². The summed E-state index contributed by atoms with van der Waals surface area (Å²) in [6, 6.07) is 9.76. The molecule has 21 heavy (non-hydrogen) atoms. The van der Waals surface area contributed by atoms with E-state index in [1.165, 1.54) is 12.8 Å². The average molecular weight is 286 g/mol. The number of hydrogen-bond acceptors (Lipinski definition) is 4. The fourth-order valence-corrected chi connectivity index (χ4v) is 2.34. The number of unbranched alkanes of at least 4 members (excludes halogenated alkanes) is 2. The minimum atomic E-state index is 0.0885. The van der Waals surface area contributed by atoms with Crippen LogP contribution in [0.3, 0.4) is 0 Å². The maximum Gasteiger partial charge on any atom is 0.173 e. The third-order valence-corrected chi connectivity index (χ3v) is 3.55. The van der Waals surface area contributed by atoms with Crippen LogP contribution in [0.4, 0.5) is 5.82 Å². The van der Waals surface area contributed by atoms with Crippen molar-refractivity contribution in [3.8, 4) is 0 Å². The summed E-state index contributed by atoms with van der Waals surface area (Å²) in [6.07, 6.45) is 3.44. The van der Waals surface area contributed by atoms with Crippen LogP contribution in [0, 0.1) is 0 Å². The highest BCUT2D eigenvalue weighted by Gasteiger charge is 2.14. The Morgan fingerprint density at radius 3 is 2.81 bits per heavy atom. The molecule has 0 atom stereocenters. The van der Waals surface area contributed by atoms with Gasteiger partial charge in [-0.3, -0.25) is 0 Å². The van der Waals surface area contributed by atoms with E-state index in [4.69, 9.17) is 10.9 Å². The Kier molecular flexibility index (Phi) is 4.98. The summed E-state index contributed by atoms with van der Waals surface area (Å²) in [6.45, 7) is 3.07. The molecule has 0 bridgehead atoms. The maximum atomic E-state index is 9.00. The van der Waals surface area contributed by atoms with E-state index in [-0.39, 0.29) is 5.84 Å². The minimum absolute atomic E-state index is 0.0885. The number of aromatic nitrogens is 1. The van der Waals surface area contributed by atoms with Crippen LogP contribution >= 0.6 is 0 Å². The van der Waals surface area contributed by atoms with Crippen molar-refractivity contribution in [3.63, 3.8) is 0 Å². The van der Waals surface area contributed by atoms with Gasteiger partial charge in [0, 0.05) is 19.0 Å². The molecule has 5 nitrogen and oxygen atoms in total. The van der Waals surface area contributed by atoms with Crippen molar-refractivity contribution in [2.24, 2.45) is 10.9 Å². The summed E-state index contributed by atoms with van der Waals surface area (Å²) in [7, 11) is 1.99. The zero-order valence-electron chi connectivity index (χ0n) is 12.6. The van der Waals surface area contributed by atoms with Crippen molar-refractivity contribution in [2.75, 3.05) is 18.5 Å². The number of benzene rings is 1. The number of oxime groups is 1. The van der Waals surface area contributed by atoms with E-state index < -0.39 is 0 Å². The molecule has 2 rings (SSSR count). The van der Waals surface area contributed by atoms with Crippen LogP contribution in [0.15, 0.2) is 35.5 Å². The van der Waals surface area contributed by atoms with E-state index in [2.05, 4.69) is 22.0 Å². The fraction of sp³-hybridized carbons (Fsp3) is 0.375. The van der Waals surface area contributed by atoms with E-state index in [9.17, 15) is 0 Å². The van der Waals surface area contributed by atoms with Crippen molar-refractivity contribution < 1.29 is 5.21 Å². The van der Waals surface area contributed by atoms with E-state index in [0.717, 1.165) is 29.7 Å². The normalized spacial score (nSPS) is 11.8. The average Bonchev–Trinajstić information content (AvgIpc) is 2.53. The van der Waals surface area contributed by atoms with Crippen LogP contribution in [0.5, 0.6) is 0 Å². The first-order chi connectivity index (χ1) is 10.2. The Balaban J connectivity index is 2.43. The van der Waals surface area contributed by atoms with Gasteiger partial charge in [-0.2, -0.15) is 0 Å². The van der Waals surface area contributed by atoms with Gasteiger partial charge in [-0.1, -0.05) is 43.1 Å². The second kappa shape index (κ2) is 6.92. The minimum Gasteiger partial charge on any atom is -0.409 e. The largest absolute Gasteiger partial charge is 0.409 e. The molecular formula is C16H22N4O. The molecule has 2 aromatic rings. The van der Waals surface area contributed by atoms with Crippen molar-refractivity contribution in [3.05, 3.63) is 35.9 Å². The summed E-state index contributed by atoms with van der Waals surface area (Å²) in [5.41, 5.74) is 7.38. The number of rotatable bonds is 6. The van der Waals surface area contributed by atoms with Crippen LogP contribution in [-0.2, 0) is 0 Å². The molecule has 0 aliphatic rings. The first-order valence-electron chi connectivity index (χ1n) is 7.26. The quantitative estimate of drug-likeness (QED) is 0.281. The zero-order chi connectivity index (χ0) is 15.2. The molecule has 0 unspecified atom stereocenters. The second-order valence-corrected chi connectivity index (χ2v) is 5.17. The number of amidine groups is 1. The molecule has 1 aromatic heterocycles. The van der Waals surface area contributed by atoms with E-state index in [1.54, 1.807) is 0 Å². The van der Waals surface area contributed by atoms with Gasteiger partial charge in [-0.05, 0) is 18.6 Å². The molecule has 1 heterocycles. The molecule has 112 valence electrons. The third-order valence-electron chi connectivity index (χ3n) is 3.55. The Morgan fingerprint density at radius 1 is 1.33 bits per heavy atom. The Morgan fingerprint density at radius 2 is 2.10 bits per heavy atom. The number of fused-ring (bicyclic) bond motifs is 1. The lowest BCUT2D eigenvalue weighted by Crippen LogP contribution is -2.25. The Hall–Kier alpha value is -2.30. The van der Waals surface area contributed by atoms with Gasteiger partial charge in [-0.15, -0.1) is 0 Å². The monoisotopic (exact) mass is 286 g/mol. The summed E-state index contributed by atoms with van der Waals surface area (Å²) in [5, 5.41) is 13.1. The number of nitrogens with two attached hydrogens (primary N) is 1. The molecule has 3 N–H and O–H groups in total. The van der Waals surface area contributed by atoms with Gasteiger partial charge < -0.3 is 15.8 Å². The van der Waals surface area contributed by atoms with Crippen molar-refractivity contribution in [2.45, 2.75) is 26.2 Å². The molecule has 0 saturated carbocycles. The zero-order valence-corrected chi connectivity index (χ0v) is 12.6. The van der Waals surface area contributed by atoms with Gasteiger partial charge in [0.05, 0.1) is 11.1 Å². The number of hydrogen-bond donors (Lipinski definition) is 2. The molecule has 5 heteroatoms. The van der Waals surface area contributed by atoms with Crippen molar-refractivity contribution in [1.82, 2.24) is 4.98 Å². The standard InChI is InChI=1S/C16H22N4O/c1-3-4-7-10-20(2)16-13(15(17)19-21)11-12-8-5-6-9-14(12)18-16/h5-6,8-9,11,21H,3-4,7,10H2,1-2H3,(H2,17,19). The SMILES string of the molecule is CCCCCN(C)c1nc2ccccc2cc1C(N)=NO. The molecule has 0 radical (unpaired) electrons. The highest BCUT2D eigenvalue weighted by atomic mass is 16.4. The first-order valence-corrected chi connectivity index (χ1v) is 7.26. The summed E-state index contributed by atoms with van der Waals surface area (Å²) >= 11 is 0. The molecule has 0 aliphatic carbocycles. The number of anilines is 1. The molecule has 0 saturated heterocycles. The number of para-hydroxylation sites is 1. The first kappa shape index (κ1) is 15.1. The fourth-order valence-electron chi connectivity index (χ4n) is 2.34. The van der Waals surface area contributed by atoms with Crippen LogP contribution < -0.4 is 10.6 Å². The van der Waals surface area contributed by atoms with Gasteiger partial charge in [0.1, 0.15) is 5.82 Å². The van der Waals surface area contributed by atoms with Crippen LogP contribution in [0.1, 0.15) is 31.7 Å². The van der Waals surface area contributed by atoms with Crippen molar-refractivity contribution in [1.29, 1.82) is 0 Å². The number of pyridine rings is 1. The third kappa shape index (κ3) is 3.42. The molecular weight excluding hydrogens is 264 g/mol. The van der Waals surface area contributed by atoms with Crippen LogP contribution in [0.25, 0.3) is 10.9 Å². The van der Waals surface area contributed by atoms with Crippen LogP contribution in [-0.4, -0.2) is 29.6 Å². The number of nitrogens with zero attached hydrogens (tertiary/aromatic N) is 3. The summed E-state index contributed by atoms with van der Waals surface area (Å²) < 4.78 is 0. The molecule has 0 amide bonds. The molecule has 0 spiro atoms. The lowest BCUT2D eigenvalue weighted by atomic mass is 10.1. The van der Waals surface area contributed by atoms with Gasteiger partial charge in [0.15, 0.2) is 5.84 Å². The van der Waals surface area contributed by atoms with Gasteiger partial charge in [0.2, 0.25) is 0 Å². The lowest BCUT2D eigenvalue weighted by Gasteiger charge is -2.21. The van der Waals surface area contributed by atoms with E-state index in [1.807, 2.05) is 37.4 Å². The maximum absolute atomic E-state index is 9.00. The van der Waals surface area contributed by atoms with Gasteiger partial charge in [0.25, 0.3) is 0 Å². The highest BCUT2D eigenvalue weighted by Crippen LogP contribution is 2.23. The molecule has 0 aliphatic heterocycles. The van der Waals surface area contributed by atoms with Crippen LogP contribution in [0.2, 0.25) is 0 Å². The van der Waals surface area contributed by atoms with Crippen molar-refractivity contribution >= 4 is 22.6 Å². The lowest BCUT2D eigenvalue weighted by molar-refractivity contribution is 0.318. The summed E-state index contributed by atoms with van der Waals surface area (Å²) in [5.74, 6) is 0.839. The predicted octanol–water partition coefficient (Wildman–Crippen LogP) is 2.96. The van der Waals surface area contributed by atoms with Gasteiger partial charge >= 0.3 is 0 Å². The topological polar surface area (TPSA) is 74.7 Å². The molecule has 0 fully saturated rings. The van der Waals surface area contributed by atoms with E-state index >= 15 is 0 Å².